The molecule has 0 aliphatic carbocycles. The van der Waals surface area contributed by atoms with E-state index in [1.54, 1.807) is 7.05 Å². The van der Waals surface area contributed by atoms with Crippen LogP contribution in [0.2, 0.25) is 0 Å². The summed E-state index contributed by atoms with van der Waals surface area (Å²) >= 11 is 0. The molecule has 0 saturated carbocycles. The molecule has 0 aliphatic rings. The summed E-state index contributed by atoms with van der Waals surface area (Å²) in [6.07, 6.45) is 2.09. The van der Waals surface area contributed by atoms with Gasteiger partial charge in [0.2, 0.25) is 5.88 Å². The molecule has 1 aromatic rings. The van der Waals surface area contributed by atoms with E-state index in [4.69, 9.17) is 4.74 Å². The molecule has 0 aromatic carbocycles. The van der Waals surface area contributed by atoms with Crippen molar-refractivity contribution in [1.29, 1.82) is 0 Å². The van der Waals surface area contributed by atoms with Crippen molar-refractivity contribution in [3.63, 3.8) is 0 Å². The largest absolute Gasteiger partial charge is 0.477 e. The van der Waals surface area contributed by atoms with Gasteiger partial charge >= 0.3 is 0 Å². The molecule has 1 aromatic heterocycles. The van der Waals surface area contributed by atoms with Crippen molar-refractivity contribution in [3.05, 3.63) is 23.6 Å². The summed E-state index contributed by atoms with van der Waals surface area (Å²) in [6.45, 7) is 3.18. The Morgan fingerprint density at radius 2 is 2.36 bits per heavy atom. The third kappa shape index (κ3) is 2.96. The topological polar surface area (TPSA) is 34.1 Å². The Kier molecular flexibility index (Phi) is 4.32. The van der Waals surface area contributed by atoms with E-state index < -0.39 is 0 Å². The highest BCUT2D eigenvalue weighted by molar-refractivity contribution is 5.25. The number of rotatable bonds is 5. The Balaban J connectivity index is 2.78. The van der Waals surface area contributed by atoms with Crippen LogP contribution >= 0.6 is 0 Å². The van der Waals surface area contributed by atoms with Crippen LogP contribution in [0, 0.1) is 5.82 Å². The smallest absolute Gasteiger partial charge is 0.218 e. The van der Waals surface area contributed by atoms with Crippen LogP contribution in [-0.2, 0) is 6.54 Å². The maximum absolute atomic E-state index is 12.8. The minimum Gasteiger partial charge on any atom is -0.477 e. The molecule has 3 nitrogen and oxygen atoms in total. The lowest BCUT2D eigenvalue weighted by atomic mass is 10.2. The van der Waals surface area contributed by atoms with Gasteiger partial charge in [0, 0.05) is 12.1 Å². The molecule has 0 spiro atoms. The first kappa shape index (κ1) is 10.9. The lowest BCUT2D eigenvalue weighted by Crippen LogP contribution is -2.09. The number of hydrogen-bond donors (Lipinski definition) is 1. The average Bonchev–Trinajstić information content (AvgIpc) is 2.17. The van der Waals surface area contributed by atoms with Crippen molar-refractivity contribution in [1.82, 2.24) is 10.3 Å². The number of hydrogen-bond acceptors (Lipinski definition) is 3. The van der Waals surface area contributed by atoms with Crippen molar-refractivity contribution in [3.8, 4) is 5.88 Å². The van der Waals surface area contributed by atoms with Crippen LogP contribution in [0.15, 0.2) is 12.3 Å². The SMILES string of the molecule is CCCOc1ncc(F)cc1CNC. The summed E-state index contributed by atoms with van der Waals surface area (Å²) in [5.41, 5.74) is 0.751. The molecule has 0 amide bonds. The van der Waals surface area contributed by atoms with E-state index >= 15 is 0 Å². The molecule has 78 valence electrons. The molecule has 4 heteroatoms. The Bertz CT molecular complexity index is 291. The molecular formula is C10H15FN2O. The summed E-state index contributed by atoms with van der Waals surface area (Å²) in [7, 11) is 1.80. The molecule has 0 fully saturated rings. The molecule has 14 heavy (non-hydrogen) atoms. The number of ether oxygens (including phenoxy) is 1. The van der Waals surface area contributed by atoms with Crippen molar-refractivity contribution in [2.45, 2.75) is 19.9 Å². The van der Waals surface area contributed by atoms with Gasteiger partial charge in [0.05, 0.1) is 12.8 Å². The predicted octanol–water partition coefficient (Wildman–Crippen LogP) is 1.73. The van der Waals surface area contributed by atoms with Gasteiger partial charge in [0.25, 0.3) is 0 Å². The monoisotopic (exact) mass is 198 g/mol. The van der Waals surface area contributed by atoms with Gasteiger partial charge in [-0.2, -0.15) is 0 Å². The summed E-state index contributed by atoms with van der Waals surface area (Å²) in [5.74, 6) is 0.182. The summed E-state index contributed by atoms with van der Waals surface area (Å²) < 4.78 is 18.2. The Morgan fingerprint density at radius 1 is 1.57 bits per heavy atom. The lowest BCUT2D eigenvalue weighted by molar-refractivity contribution is 0.300. The molecule has 1 rings (SSSR count). The van der Waals surface area contributed by atoms with E-state index in [1.807, 2.05) is 6.92 Å². The van der Waals surface area contributed by atoms with Crippen LogP contribution < -0.4 is 10.1 Å². The van der Waals surface area contributed by atoms with E-state index in [-0.39, 0.29) is 5.82 Å². The minimum absolute atomic E-state index is 0.334. The highest BCUT2D eigenvalue weighted by Crippen LogP contribution is 2.15. The number of nitrogens with zero attached hydrogens (tertiary/aromatic N) is 1. The van der Waals surface area contributed by atoms with E-state index in [1.165, 1.54) is 12.3 Å². The fraction of sp³-hybridized carbons (Fsp3) is 0.500. The van der Waals surface area contributed by atoms with E-state index in [9.17, 15) is 4.39 Å². The summed E-state index contributed by atoms with van der Waals surface area (Å²) in [6, 6.07) is 1.44. The zero-order valence-corrected chi connectivity index (χ0v) is 8.51. The Labute approximate surface area is 83.3 Å². The first-order valence-electron chi connectivity index (χ1n) is 4.69. The maximum Gasteiger partial charge on any atom is 0.218 e. The zero-order valence-electron chi connectivity index (χ0n) is 8.51. The van der Waals surface area contributed by atoms with Crippen molar-refractivity contribution in [2.75, 3.05) is 13.7 Å². The van der Waals surface area contributed by atoms with Gasteiger partial charge in [-0.15, -0.1) is 0 Å². The third-order valence-electron chi connectivity index (χ3n) is 1.70. The highest BCUT2D eigenvalue weighted by atomic mass is 19.1. The second kappa shape index (κ2) is 5.54. The zero-order chi connectivity index (χ0) is 10.4. The summed E-state index contributed by atoms with van der Waals surface area (Å²) in [4.78, 5) is 3.90. The van der Waals surface area contributed by atoms with Crippen LogP contribution in [0.1, 0.15) is 18.9 Å². The van der Waals surface area contributed by atoms with Gasteiger partial charge in [-0.05, 0) is 19.5 Å². The fourth-order valence-electron chi connectivity index (χ4n) is 1.11. The van der Waals surface area contributed by atoms with Gasteiger partial charge < -0.3 is 10.1 Å². The minimum atomic E-state index is -0.334. The first-order valence-corrected chi connectivity index (χ1v) is 4.69. The molecule has 0 bridgehead atoms. The van der Waals surface area contributed by atoms with E-state index in [0.29, 0.717) is 19.0 Å². The van der Waals surface area contributed by atoms with E-state index in [2.05, 4.69) is 10.3 Å². The van der Waals surface area contributed by atoms with Crippen LogP contribution in [0.5, 0.6) is 5.88 Å². The van der Waals surface area contributed by atoms with Crippen LogP contribution in [0.4, 0.5) is 4.39 Å². The van der Waals surface area contributed by atoms with E-state index in [0.717, 1.165) is 12.0 Å². The molecule has 0 unspecified atom stereocenters. The average molecular weight is 198 g/mol. The standard InChI is InChI=1S/C10H15FN2O/c1-3-4-14-10-8(6-12-2)5-9(11)7-13-10/h5,7,12H,3-4,6H2,1-2H3. The quantitative estimate of drug-likeness (QED) is 0.782. The second-order valence-corrected chi connectivity index (χ2v) is 3.00. The molecule has 0 saturated heterocycles. The molecule has 0 radical (unpaired) electrons. The van der Waals surface area contributed by atoms with Crippen LogP contribution in [-0.4, -0.2) is 18.6 Å². The molecule has 1 heterocycles. The number of nitrogens with one attached hydrogen (secondary N) is 1. The maximum atomic E-state index is 12.8. The van der Waals surface area contributed by atoms with Gasteiger partial charge in [-0.3, -0.25) is 0 Å². The third-order valence-corrected chi connectivity index (χ3v) is 1.70. The second-order valence-electron chi connectivity index (χ2n) is 3.00. The number of pyridine rings is 1. The van der Waals surface area contributed by atoms with Gasteiger partial charge in [-0.1, -0.05) is 6.92 Å². The molecule has 0 aliphatic heterocycles. The van der Waals surface area contributed by atoms with Crippen LogP contribution in [0.3, 0.4) is 0 Å². The van der Waals surface area contributed by atoms with Crippen molar-refractivity contribution in [2.24, 2.45) is 0 Å². The lowest BCUT2D eigenvalue weighted by Gasteiger charge is -2.08. The van der Waals surface area contributed by atoms with Crippen molar-refractivity contribution < 1.29 is 9.13 Å². The normalized spacial score (nSPS) is 10.2. The van der Waals surface area contributed by atoms with Gasteiger partial charge in [0.15, 0.2) is 0 Å². The summed E-state index contributed by atoms with van der Waals surface area (Å²) in [5, 5.41) is 2.94. The predicted molar refractivity (Wildman–Crippen MR) is 52.7 cm³/mol. The van der Waals surface area contributed by atoms with Crippen LogP contribution in [0.25, 0.3) is 0 Å². The van der Waals surface area contributed by atoms with Crippen molar-refractivity contribution >= 4 is 0 Å². The molecular weight excluding hydrogens is 183 g/mol. The van der Waals surface area contributed by atoms with Gasteiger partial charge in [-0.25, -0.2) is 9.37 Å². The van der Waals surface area contributed by atoms with Gasteiger partial charge in [0.1, 0.15) is 5.82 Å². The fourth-order valence-corrected chi connectivity index (χ4v) is 1.11. The highest BCUT2D eigenvalue weighted by Gasteiger charge is 2.05. The Morgan fingerprint density at radius 3 is 3.00 bits per heavy atom. The molecule has 1 N–H and O–H groups in total. The molecule has 0 atom stereocenters. The number of halogens is 1. The Hall–Kier alpha value is -1.16. The first-order chi connectivity index (χ1) is 6.77. The number of aromatic nitrogens is 1.